The number of amides is 2. The van der Waals surface area contributed by atoms with E-state index in [1.165, 1.54) is 13.8 Å². The topological polar surface area (TPSA) is 141 Å². The van der Waals surface area contributed by atoms with E-state index in [1.807, 2.05) is 24.3 Å². The first-order valence-electron chi connectivity index (χ1n) is 12.2. The van der Waals surface area contributed by atoms with Gasteiger partial charge in [0.15, 0.2) is 0 Å². The molecule has 3 aromatic rings. The van der Waals surface area contributed by atoms with Crippen molar-refractivity contribution >= 4 is 34.6 Å². The lowest BCUT2D eigenvalue weighted by Crippen LogP contribution is -2.26. The molecule has 0 unspecified atom stereocenters. The number of aliphatic hydroxyl groups excluding tert-OH is 2. The van der Waals surface area contributed by atoms with Gasteiger partial charge < -0.3 is 41.0 Å². The van der Waals surface area contributed by atoms with E-state index >= 15 is 0 Å². The van der Waals surface area contributed by atoms with E-state index in [0.29, 0.717) is 36.0 Å². The molecule has 6 N–H and O–H groups in total. The Kier molecular flexibility index (Phi) is 10.8. The molecule has 0 aliphatic rings. The molecule has 0 aliphatic heterocycles. The first kappa shape index (κ1) is 28.3. The highest BCUT2D eigenvalue weighted by atomic mass is 16.5. The van der Waals surface area contributed by atoms with Gasteiger partial charge in [-0.15, -0.1) is 0 Å². The summed E-state index contributed by atoms with van der Waals surface area (Å²) in [4.78, 5) is 22.2. The van der Waals surface area contributed by atoms with Crippen LogP contribution in [0.1, 0.15) is 13.8 Å². The van der Waals surface area contributed by atoms with Gasteiger partial charge in [0, 0.05) is 49.7 Å². The number of carbonyl (C=O) groups excluding carboxylic acids is 2. The van der Waals surface area contributed by atoms with Crippen molar-refractivity contribution in [3.05, 3.63) is 72.8 Å². The summed E-state index contributed by atoms with van der Waals surface area (Å²) in [6, 6.07) is 21.3. The molecule has 2 atom stereocenters. The van der Waals surface area contributed by atoms with Crippen LogP contribution in [0.2, 0.25) is 0 Å². The highest BCUT2D eigenvalue weighted by molar-refractivity contribution is 5.89. The van der Waals surface area contributed by atoms with Crippen molar-refractivity contribution in [3.63, 3.8) is 0 Å². The second-order valence-electron chi connectivity index (χ2n) is 8.68. The minimum Gasteiger partial charge on any atom is -0.491 e. The van der Waals surface area contributed by atoms with Gasteiger partial charge in [0.2, 0.25) is 11.8 Å². The lowest BCUT2D eigenvalue weighted by atomic mass is 10.2. The normalized spacial score (nSPS) is 12.1. The fourth-order valence-corrected chi connectivity index (χ4v) is 3.36. The third-order valence-electron chi connectivity index (χ3n) is 5.20. The van der Waals surface area contributed by atoms with Crippen molar-refractivity contribution in [1.82, 2.24) is 0 Å². The fraction of sp³-hybridized carbons (Fsp3) is 0.286. The molecule has 0 saturated heterocycles. The van der Waals surface area contributed by atoms with Crippen LogP contribution >= 0.6 is 0 Å². The summed E-state index contributed by atoms with van der Waals surface area (Å²) in [6.45, 7) is 3.71. The molecule has 10 nitrogen and oxygen atoms in total. The minimum atomic E-state index is -0.731. The Labute approximate surface area is 222 Å². The molecule has 38 heavy (non-hydrogen) atoms. The molecule has 0 bridgehead atoms. The quantitative estimate of drug-likeness (QED) is 0.189. The molecule has 0 spiro atoms. The number of aliphatic hydroxyl groups is 2. The highest BCUT2D eigenvalue weighted by Gasteiger charge is 2.08. The predicted molar refractivity (Wildman–Crippen MR) is 148 cm³/mol. The van der Waals surface area contributed by atoms with Crippen molar-refractivity contribution in [2.45, 2.75) is 26.1 Å². The Morgan fingerprint density at radius 2 is 0.921 bits per heavy atom. The van der Waals surface area contributed by atoms with Gasteiger partial charge in [0.1, 0.15) is 36.9 Å². The molecule has 3 aromatic carbocycles. The van der Waals surface area contributed by atoms with Gasteiger partial charge >= 0.3 is 0 Å². The second kappa shape index (κ2) is 14.5. The number of hydrogen-bond donors (Lipinski definition) is 6. The molecule has 0 fully saturated rings. The number of benzene rings is 3. The number of hydrogen-bond acceptors (Lipinski definition) is 8. The molecule has 2 amide bonds. The number of rotatable bonds is 14. The molecule has 3 rings (SSSR count). The molecule has 0 aliphatic carbocycles. The second-order valence-corrected chi connectivity index (χ2v) is 8.68. The first-order chi connectivity index (χ1) is 18.3. The van der Waals surface area contributed by atoms with Crippen LogP contribution < -0.4 is 30.7 Å². The van der Waals surface area contributed by atoms with E-state index < -0.39 is 12.2 Å². The molecule has 202 valence electrons. The van der Waals surface area contributed by atoms with E-state index in [2.05, 4.69) is 21.3 Å². The summed E-state index contributed by atoms with van der Waals surface area (Å²) < 4.78 is 11.3. The van der Waals surface area contributed by atoms with Crippen molar-refractivity contribution in [1.29, 1.82) is 0 Å². The van der Waals surface area contributed by atoms with Crippen LogP contribution in [0.4, 0.5) is 22.7 Å². The zero-order valence-electron chi connectivity index (χ0n) is 21.4. The van der Waals surface area contributed by atoms with Crippen LogP contribution in [0.15, 0.2) is 72.8 Å². The monoisotopic (exact) mass is 522 g/mol. The first-order valence-corrected chi connectivity index (χ1v) is 12.2. The van der Waals surface area contributed by atoms with Gasteiger partial charge in [-0.25, -0.2) is 0 Å². The van der Waals surface area contributed by atoms with Gasteiger partial charge in [0.05, 0.1) is 0 Å². The summed E-state index contributed by atoms with van der Waals surface area (Å²) in [5.74, 6) is 0.904. The third kappa shape index (κ3) is 10.4. The summed E-state index contributed by atoms with van der Waals surface area (Å²) in [6.07, 6.45) is -1.46. The smallest absolute Gasteiger partial charge is 0.221 e. The van der Waals surface area contributed by atoms with Crippen molar-refractivity contribution < 1.29 is 29.3 Å². The van der Waals surface area contributed by atoms with Crippen LogP contribution in [-0.2, 0) is 9.59 Å². The zero-order chi connectivity index (χ0) is 27.3. The number of ether oxygens (including phenoxy) is 2. The van der Waals surface area contributed by atoms with Crippen LogP contribution in [0.5, 0.6) is 11.5 Å². The van der Waals surface area contributed by atoms with E-state index in [4.69, 9.17) is 9.47 Å². The summed E-state index contributed by atoms with van der Waals surface area (Å²) in [5.41, 5.74) is 3.04. The average molecular weight is 523 g/mol. The van der Waals surface area contributed by atoms with E-state index in [1.54, 1.807) is 48.5 Å². The maximum Gasteiger partial charge on any atom is 0.221 e. The Hall–Kier alpha value is -4.28. The van der Waals surface area contributed by atoms with Gasteiger partial charge in [-0.3, -0.25) is 9.59 Å². The number of nitrogens with one attached hydrogen (secondary N) is 4. The summed E-state index contributed by atoms with van der Waals surface area (Å²) >= 11 is 0. The maximum absolute atomic E-state index is 11.1. The predicted octanol–water partition coefficient (Wildman–Crippen LogP) is 3.31. The summed E-state index contributed by atoms with van der Waals surface area (Å²) in [7, 11) is 0. The fourth-order valence-electron chi connectivity index (χ4n) is 3.36. The number of anilines is 4. The average Bonchev–Trinajstić information content (AvgIpc) is 2.90. The van der Waals surface area contributed by atoms with Crippen LogP contribution in [0.25, 0.3) is 0 Å². The Balaban J connectivity index is 1.32. The SMILES string of the molecule is CC(=O)Nc1ccc(NC[C@H](O)COc2ccc(OC[C@@H](O)CNc3ccc(NC(C)=O)cc3)cc2)cc1. The maximum atomic E-state index is 11.1. The van der Waals surface area contributed by atoms with E-state index in [9.17, 15) is 19.8 Å². The third-order valence-corrected chi connectivity index (χ3v) is 5.20. The Bertz CT molecular complexity index is 1060. The molecular formula is C28H34N4O6. The molecule has 0 heterocycles. The summed E-state index contributed by atoms with van der Waals surface area (Å²) in [5, 5.41) is 32.1. The Morgan fingerprint density at radius 1 is 0.605 bits per heavy atom. The van der Waals surface area contributed by atoms with Crippen molar-refractivity contribution in [2.75, 3.05) is 47.6 Å². The standard InChI is InChI=1S/C28H34N4O6/c1-19(33)31-23-7-3-21(4-8-23)29-15-25(35)17-37-27-11-13-28(14-12-27)38-18-26(36)16-30-22-5-9-24(10-6-22)32-20(2)34/h3-14,25-26,29-30,35-36H,15-18H2,1-2H3,(H,31,33)(H,32,34)/t25-,26-/m0/s1. The highest BCUT2D eigenvalue weighted by Crippen LogP contribution is 2.19. The molecular weight excluding hydrogens is 488 g/mol. The number of carbonyl (C=O) groups is 2. The zero-order valence-corrected chi connectivity index (χ0v) is 21.4. The van der Waals surface area contributed by atoms with Crippen LogP contribution in [0, 0.1) is 0 Å². The minimum absolute atomic E-state index is 0.105. The molecule has 0 saturated carbocycles. The van der Waals surface area contributed by atoms with Crippen LogP contribution in [-0.4, -0.2) is 60.5 Å². The van der Waals surface area contributed by atoms with Gasteiger partial charge in [-0.05, 0) is 72.8 Å². The van der Waals surface area contributed by atoms with Crippen LogP contribution in [0.3, 0.4) is 0 Å². The van der Waals surface area contributed by atoms with Gasteiger partial charge in [-0.2, -0.15) is 0 Å². The van der Waals surface area contributed by atoms with E-state index in [-0.39, 0.29) is 25.0 Å². The molecule has 0 radical (unpaired) electrons. The molecule has 10 heteroatoms. The largest absolute Gasteiger partial charge is 0.491 e. The van der Waals surface area contributed by atoms with Gasteiger partial charge in [-0.1, -0.05) is 0 Å². The molecule has 0 aromatic heterocycles. The van der Waals surface area contributed by atoms with E-state index in [0.717, 1.165) is 11.4 Å². The lowest BCUT2D eigenvalue weighted by molar-refractivity contribution is -0.115. The van der Waals surface area contributed by atoms with Crippen molar-refractivity contribution in [3.8, 4) is 11.5 Å². The Morgan fingerprint density at radius 3 is 1.24 bits per heavy atom. The van der Waals surface area contributed by atoms with Crippen molar-refractivity contribution in [2.24, 2.45) is 0 Å². The lowest BCUT2D eigenvalue weighted by Gasteiger charge is -2.16. The van der Waals surface area contributed by atoms with Gasteiger partial charge in [0.25, 0.3) is 0 Å².